The molecule has 1 atom stereocenters. The Morgan fingerprint density at radius 2 is 2.25 bits per heavy atom. The molecule has 3 heterocycles. The first-order valence-corrected chi connectivity index (χ1v) is 8.17. The Balaban J connectivity index is 1.51. The highest BCUT2D eigenvalue weighted by atomic mass is 19.1. The number of nitrogens with zero attached hydrogens (tertiary/aromatic N) is 4. The Kier molecular flexibility index (Phi) is 3.63. The molecular weight excluding hydrogens is 309 g/mol. The second-order valence-electron chi connectivity index (χ2n) is 6.30. The molecule has 1 N–H and O–H groups in total. The van der Waals surface area contributed by atoms with Crippen molar-refractivity contribution in [3.05, 3.63) is 35.8 Å². The quantitative estimate of drug-likeness (QED) is 0.800. The second-order valence-corrected chi connectivity index (χ2v) is 6.30. The number of piperidine rings is 1. The SMILES string of the molecule is Cc1cc(N2CCCC(Nc3nc4c(F)cccc4o3)C2)n(C)n1. The van der Waals surface area contributed by atoms with Crippen LogP contribution in [-0.4, -0.2) is 33.9 Å². The van der Waals surface area contributed by atoms with E-state index in [1.54, 1.807) is 12.1 Å². The number of aryl methyl sites for hydroxylation is 2. The molecular formula is C17H20FN5O. The number of aromatic nitrogens is 3. The number of rotatable bonds is 3. The van der Waals surface area contributed by atoms with E-state index in [9.17, 15) is 4.39 Å². The van der Waals surface area contributed by atoms with E-state index in [0.717, 1.165) is 37.4 Å². The molecule has 7 heteroatoms. The van der Waals surface area contributed by atoms with Crippen molar-refractivity contribution in [2.45, 2.75) is 25.8 Å². The highest BCUT2D eigenvalue weighted by Crippen LogP contribution is 2.25. The zero-order chi connectivity index (χ0) is 16.7. The molecule has 0 radical (unpaired) electrons. The summed E-state index contributed by atoms with van der Waals surface area (Å²) < 4.78 is 21.3. The Morgan fingerprint density at radius 3 is 3.00 bits per heavy atom. The molecule has 0 amide bonds. The van der Waals surface area contributed by atoms with E-state index < -0.39 is 0 Å². The number of hydrogen-bond donors (Lipinski definition) is 1. The number of nitrogens with one attached hydrogen (secondary N) is 1. The third-order valence-electron chi connectivity index (χ3n) is 4.42. The summed E-state index contributed by atoms with van der Waals surface area (Å²) in [5, 5.41) is 7.72. The van der Waals surface area contributed by atoms with Crippen LogP contribution in [0.4, 0.5) is 16.2 Å². The number of anilines is 2. The first-order chi connectivity index (χ1) is 11.6. The maximum atomic E-state index is 13.7. The molecule has 1 aromatic carbocycles. The zero-order valence-electron chi connectivity index (χ0n) is 13.8. The van der Waals surface area contributed by atoms with Gasteiger partial charge in [0.1, 0.15) is 11.3 Å². The van der Waals surface area contributed by atoms with E-state index in [1.807, 2.05) is 18.7 Å². The summed E-state index contributed by atoms with van der Waals surface area (Å²) in [6.07, 6.45) is 2.09. The molecule has 126 valence electrons. The normalized spacial score (nSPS) is 18.3. The van der Waals surface area contributed by atoms with E-state index in [2.05, 4.69) is 26.4 Å². The van der Waals surface area contributed by atoms with Gasteiger partial charge in [-0.2, -0.15) is 10.1 Å². The first kappa shape index (κ1) is 15.0. The van der Waals surface area contributed by atoms with Gasteiger partial charge < -0.3 is 14.6 Å². The molecule has 4 rings (SSSR count). The zero-order valence-corrected chi connectivity index (χ0v) is 13.8. The van der Waals surface area contributed by atoms with Crippen molar-refractivity contribution in [3.63, 3.8) is 0 Å². The smallest absolute Gasteiger partial charge is 0.296 e. The minimum atomic E-state index is -0.361. The van der Waals surface area contributed by atoms with Gasteiger partial charge in [-0.1, -0.05) is 6.07 Å². The summed E-state index contributed by atoms with van der Waals surface area (Å²) in [7, 11) is 1.96. The molecule has 0 aliphatic carbocycles. The molecule has 3 aromatic rings. The number of fused-ring (bicyclic) bond motifs is 1. The van der Waals surface area contributed by atoms with Gasteiger partial charge in [0.15, 0.2) is 11.4 Å². The number of halogens is 1. The summed E-state index contributed by atoms with van der Waals surface area (Å²) >= 11 is 0. The van der Waals surface area contributed by atoms with Crippen LogP contribution in [0.5, 0.6) is 0 Å². The van der Waals surface area contributed by atoms with Gasteiger partial charge in [0.2, 0.25) is 0 Å². The Morgan fingerprint density at radius 1 is 1.38 bits per heavy atom. The monoisotopic (exact) mass is 329 g/mol. The van der Waals surface area contributed by atoms with Crippen molar-refractivity contribution in [1.82, 2.24) is 14.8 Å². The fourth-order valence-electron chi connectivity index (χ4n) is 3.35. The Hall–Kier alpha value is -2.57. The Bertz CT molecular complexity index is 871. The van der Waals surface area contributed by atoms with Crippen LogP contribution in [0.2, 0.25) is 0 Å². The lowest BCUT2D eigenvalue weighted by molar-refractivity contribution is 0.501. The fourth-order valence-corrected chi connectivity index (χ4v) is 3.35. The van der Waals surface area contributed by atoms with Crippen LogP contribution < -0.4 is 10.2 Å². The van der Waals surface area contributed by atoms with Crippen molar-refractivity contribution in [2.75, 3.05) is 23.3 Å². The molecule has 1 aliphatic heterocycles. The van der Waals surface area contributed by atoms with Gasteiger partial charge in [-0.15, -0.1) is 0 Å². The van der Waals surface area contributed by atoms with Gasteiger partial charge in [-0.05, 0) is 31.9 Å². The summed E-state index contributed by atoms with van der Waals surface area (Å²) in [4.78, 5) is 6.55. The average Bonchev–Trinajstić information content (AvgIpc) is 3.11. The van der Waals surface area contributed by atoms with Crippen LogP contribution in [0.1, 0.15) is 18.5 Å². The predicted octanol–water partition coefficient (Wildman–Crippen LogP) is 3.09. The maximum absolute atomic E-state index is 13.7. The van der Waals surface area contributed by atoms with Crippen molar-refractivity contribution in [3.8, 4) is 0 Å². The van der Waals surface area contributed by atoms with Crippen molar-refractivity contribution in [2.24, 2.45) is 7.05 Å². The first-order valence-electron chi connectivity index (χ1n) is 8.17. The van der Waals surface area contributed by atoms with Crippen LogP contribution in [0.3, 0.4) is 0 Å². The molecule has 1 fully saturated rings. The van der Waals surface area contributed by atoms with Gasteiger partial charge in [-0.25, -0.2) is 4.39 Å². The number of benzene rings is 1. The van der Waals surface area contributed by atoms with Crippen molar-refractivity contribution >= 4 is 22.9 Å². The summed E-state index contributed by atoms with van der Waals surface area (Å²) in [5.41, 5.74) is 1.75. The molecule has 2 aromatic heterocycles. The topological polar surface area (TPSA) is 59.1 Å². The Labute approximate surface area is 139 Å². The van der Waals surface area contributed by atoms with Gasteiger partial charge in [0.25, 0.3) is 6.01 Å². The van der Waals surface area contributed by atoms with Crippen LogP contribution in [0.25, 0.3) is 11.1 Å². The summed E-state index contributed by atoms with van der Waals surface area (Å²) in [5.74, 6) is 0.752. The molecule has 24 heavy (non-hydrogen) atoms. The average molecular weight is 329 g/mol. The third-order valence-corrected chi connectivity index (χ3v) is 4.42. The standard InChI is InChI=1S/C17H20FN5O/c1-11-9-15(22(2)21-11)23-8-4-5-12(10-23)19-17-20-16-13(18)6-3-7-14(16)24-17/h3,6-7,9,12H,4-5,8,10H2,1-2H3,(H,19,20). The minimum absolute atomic E-state index is 0.199. The molecule has 1 unspecified atom stereocenters. The lowest BCUT2D eigenvalue weighted by Crippen LogP contribution is -2.43. The van der Waals surface area contributed by atoms with Crippen LogP contribution in [0, 0.1) is 12.7 Å². The molecule has 1 aliphatic rings. The number of oxazole rings is 1. The highest BCUT2D eigenvalue weighted by Gasteiger charge is 2.23. The predicted molar refractivity (Wildman–Crippen MR) is 90.8 cm³/mol. The minimum Gasteiger partial charge on any atom is -0.423 e. The summed E-state index contributed by atoms with van der Waals surface area (Å²) in [6.45, 7) is 3.83. The highest BCUT2D eigenvalue weighted by molar-refractivity contribution is 5.75. The molecule has 0 spiro atoms. The van der Waals surface area contributed by atoms with Crippen LogP contribution >= 0.6 is 0 Å². The van der Waals surface area contributed by atoms with E-state index in [4.69, 9.17) is 4.42 Å². The van der Waals surface area contributed by atoms with Gasteiger partial charge in [0, 0.05) is 32.2 Å². The molecule has 0 bridgehead atoms. The lowest BCUT2D eigenvalue weighted by atomic mass is 10.1. The third kappa shape index (κ3) is 2.70. The number of para-hydroxylation sites is 1. The van der Waals surface area contributed by atoms with Gasteiger partial charge in [0.05, 0.1) is 5.69 Å². The van der Waals surface area contributed by atoms with Crippen molar-refractivity contribution < 1.29 is 8.81 Å². The number of hydrogen-bond acceptors (Lipinski definition) is 5. The molecule has 0 saturated carbocycles. The van der Waals surface area contributed by atoms with Gasteiger partial charge >= 0.3 is 0 Å². The lowest BCUT2D eigenvalue weighted by Gasteiger charge is -2.34. The van der Waals surface area contributed by atoms with E-state index in [0.29, 0.717) is 11.6 Å². The second kappa shape index (κ2) is 5.81. The van der Waals surface area contributed by atoms with E-state index in [-0.39, 0.29) is 17.4 Å². The molecule has 6 nitrogen and oxygen atoms in total. The van der Waals surface area contributed by atoms with Crippen LogP contribution in [-0.2, 0) is 7.05 Å². The van der Waals surface area contributed by atoms with Crippen LogP contribution in [0.15, 0.2) is 28.7 Å². The van der Waals surface area contributed by atoms with Gasteiger partial charge in [-0.3, -0.25) is 4.68 Å². The molecule has 1 saturated heterocycles. The van der Waals surface area contributed by atoms with Crippen molar-refractivity contribution in [1.29, 1.82) is 0 Å². The van der Waals surface area contributed by atoms with E-state index >= 15 is 0 Å². The summed E-state index contributed by atoms with van der Waals surface area (Å²) in [6, 6.07) is 7.41. The maximum Gasteiger partial charge on any atom is 0.296 e. The van der Waals surface area contributed by atoms with E-state index in [1.165, 1.54) is 6.07 Å². The fraction of sp³-hybridized carbons (Fsp3) is 0.412. The largest absolute Gasteiger partial charge is 0.423 e.